The molecule has 102 valence electrons. The number of aromatic nitrogens is 1. The number of pyridine rings is 1. The van der Waals surface area contributed by atoms with Crippen molar-refractivity contribution in [1.29, 1.82) is 0 Å². The smallest absolute Gasteiger partial charge is 0.323 e. The highest BCUT2D eigenvalue weighted by molar-refractivity contribution is 5.88. The van der Waals surface area contributed by atoms with Crippen LogP contribution in [0.4, 0.5) is 15.0 Å². The van der Waals surface area contributed by atoms with E-state index in [0.717, 1.165) is 45.3 Å². The van der Waals surface area contributed by atoms with Crippen molar-refractivity contribution in [3.63, 3.8) is 0 Å². The zero-order chi connectivity index (χ0) is 13.3. The van der Waals surface area contributed by atoms with Crippen LogP contribution >= 0.6 is 0 Å². The molecule has 0 radical (unpaired) electrons. The Morgan fingerprint density at radius 2 is 2.37 bits per heavy atom. The first-order valence-electron chi connectivity index (χ1n) is 6.42. The molecule has 2 amide bonds. The molecular formula is C13H16FN3O2. The van der Waals surface area contributed by atoms with Gasteiger partial charge in [0.05, 0.1) is 12.8 Å². The van der Waals surface area contributed by atoms with Gasteiger partial charge in [0.1, 0.15) is 11.6 Å². The molecule has 2 fully saturated rings. The third-order valence-electron chi connectivity index (χ3n) is 3.87. The second-order valence-electron chi connectivity index (χ2n) is 5.27. The number of likely N-dealkylation sites (tertiary alicyclic amines) is 1. The first kappa shape index (κ1) is 12.3. The molecule has 3 rings (SSSR count). The van der Waals surface area contributed by atoms with Crippen molar-refractivity contribution in [3.05, 3.63) is 24.1 Å². The molecule has 1 N–H and O–H groups in total. The lowest BCUT2D eigenvalue weighted by atomic mass is 9.87. The third-order valence-corrected chi connectivity index (χ3v) is 3.87. The molecule has 2 aliphatic heterocycles. The molecule has 1 aromatic rings. The number of nitrogens with zero attached hydrogens (tertiary/aromatic N) is 2. The number of halogens is 1. The van der Waals surface area contributed by atoms with Gasteiger partial charge in [-0.25, -0.2) is 14.2 Å². The highest BCUT2D eigenvalue weighted by atomic mass is 19.1. The number of rotatable bonds is 1. The summed E-state index contributed by atoms with van der Waals surface area (Å²) in [5.74, 6) is -0.0451. The van der Waals surface area contributed by atoms with Gasteiger partial charge in [-0.05, 0) is 25.0 Å². The highest BCUT2D eigenvalue weighted by Gasteiger charge is 2.42. The lowest BCUT2D eigenvalue weighted by molar-refractivity contribution is 0.154. The monoisotopic (exact) mass is 265 g/mol. The summed E-state index contributed by atoms with van der Waals surface area (Å²) < 4.78 is 18.2. The minimum absolute atomic E-state index is 0.146. The zero-order valence-electron chi connectivity index (χ0n) is 10.6. The molecule has 1 aromatic heterocycles. The summed E-state index contributed by atoms with van der Waals surface area (Å²) in [4.78, 5) is 17.7. The molecule has 0 aliphatic carbocycles. The number of urea groups is 1. The fourth-order valence-corrected chi connectivity index (χ4v) is 2.72. The van der Waals surface area contributed by atoms with Crippen molar-refractivity contribution in [1.82, 2.24) is 9.88 Å². The van der Waals surface area contributed by atoms with E-state index in [1.807, 2.05) is 0 Å². The molecule has 6 heteroatoms. The molecule has 2 aliphatic rings. The average molecular weight is 265 g/mol. The normalized spacial score (nSPS) is 26.1. The number of hydrogen-bond donors (Lipinski definition) is 1. The molecular weight excluding hydrogens is 249 g/mol. The van der Waals surface area contributed by atoms with Crippen LogP contribution in [0, 0.1) is 11.2 Å². The van der Waals surface area contributed by atoms with Gasteiger partial charge in [-0.2, -0.15) is 0 Å². The second-order valence-corrected chi connectivity index (χ2v) is 5.27. The van der Waals surface area contributed by atoms with Crippen LogP contribution in [0.5, 0.6) is 0 Å². The van der Waals surface area contributed by atoms with E-state index in [2.05, 4.69) is 10.3 Å². The number of nitrogens with one attached hydrogen (secondary N) is 1. The topological polar surface area (TPSA) is 54.5 Å². The van der Waals surface area contributed by atoms with Gasteiger partial charge in [0.2, 0.25) is 0 Å². The van der Waals surface area contributed by atoms with Gasteiger partial charge < -0.3 is 9.64 Å². The Labute approximate surface area is 110 Å². The molecule has 2 saturated heterocycles. The highest BCUT2D eigenvalue weighted by Crippen LogP contribution is 2.38. The Morgan fingerprint density at radius 1 is 1.47 bits per heavy atom. The van der Waals surface area contributed by atoms with E-state index >= 15 is 0 Å². The molecule has 0 unspecified atom stereocenters. The van der Waals surface area contributed by atoms with Crippen LogP contribution in [0.25, 0.3) is 0 Å². The Kier molecular flexibility index (Phi) is 3.10. The van der Waals surface area contributed by atoms with Crippen LogP contribution in [0.3, 0.4) is 0 Å². The number of amides is 2. The van der Waals surface area contributed by atoms with E-state index in [-0.39, 0.29) is 11.4 Å². The summed E-state index contributed by atoms with van der Waals surface area (Å²) in [6.45, 7) is 2.98. The summed E-state index contributed by atoms with van der Waals surface area (Å²) in [5, 5.41) is 2.69. The molecule has 5 nitrogen and oxygen atoms in total. The van der Waals surface area contributed by atoms with Gasteiger partial charge in [0, 0.05) is 25.1 Å². The van der Waals surface area contributed by atoms with E-state index < -0.39 is 5.82 Å². The van der Waals surface area contributed by atoms with Crippen LogP contribution in [0.1, 0.15) is 12.8 Å². The first-order valence-corrected chi connectivity index (χ1v) is 6.42. The Hall–Kier alpha value is -1.69. The standard InChI is InChI=1S/C13H16FN3O2/c14-10-1-2-11(15-7-10)16-12(18)17-5-3-13(8-17)4-6-19-9-13/h1-2,7H,3-6,8-9H2,(H,15,16,18)/t13-/m1/s1. The SMILES string of the molecule is O=C(Nc1ccc(F)cn1)N1CC[C@@]2(CCOC2)C1. The van der Waals surface area contributed by atoms with Crippen molar-refractivity contribution in [3.8, 4) is 0 Å². The molecule has 0 bridgehead atoms. The van der Waals surface area contributed by atoms with Crippen molar-refractivity contribution in [2.45, 2.75) is 12.8 Å². The number of ether oxygens (including phenoxy) is 1. The van der Waals surface area contributed by atoms with E-state index in [4.69, 9.17) is 4.74 Å². The van der Waals surface area contributed by atoms with Crippen molar-refractivity contribution >= 4 is 11.8 Å². The number of anilines is 1. The summed E-state index contributed by atoms with van der Waals surface area (Å²) in [5.41, 5.74) is 0.146. The van der Waals surface area contributed by atoms with E-state index in [1.165, 1.54) is 12.1 Å². The number of carbonyl (C=O) groups excluding carboxylic acids is 1. The zero-order valence-corrected chi connectivity index (χ0v) is 10.6. The van der Waals surface area contributed by atoms with E-state index in [0.29, 0.717) is 5.82 Å². The van der Waals surface area contributed by atoms with E-state index in [9.17, 15) is 9.18 Å². The minimum atomic E-state index is -0.416. The van der Waals surface area contributed by atoms with Gasteiger partial charge in [0.15, 0.2) is 0 Å². The minimum Gasteiger partial charge on any atom is -0.381 e. The lowest BCUT2D eigenvalue weighted by Gasteiger charge is -2.22. The summed E-state index contributed by atoms with van der Waals surface area (Å²) in [7, 11) is 0. The molecule has 19 heavy (non-hydrogen) atoms. The molecule has 0 aromatic carbocycles. The van der Waals surface area contributed by atoms with Crippen LogP contribution < -0.4 is 5.32 Å². The van der Waals surface area contributed by atoms with E-state index in [1.54, 1.807) is 4.90 Å². The van der Waals surface area contributed by atoms with Gasteiger partial charge >= 0.3 is 6.03 Å². The summed E-state index contributed by atoms with van der Waals surface area (Å²) in [6, 6.07) is 2.55. The number of hydrogen-bond acceptors (Lipinski definition) is 3. The van der Waals surface area contributed by atoms with Crippen LogP contribution in [0.15, 0.2) is 18.3 Å². The summed E-state index contributed by atoms with van der Waals surface area (Å²) >= 11 is 0. The fourth-order valence-electron chi connectivity index (χ4n) is 2.72. The van der Waals surface area contributed by atoms with Crippen molar-refractivity contribution in [2.24, 2.45) is 5.41 Å². The quantitative estimate of drug-likeness (QED) is 0.843. The lowest BCUT2D eigenvalue weighted by Crippen LogP contribution is -2.35. The van der Waals surface area contributed by atoms with Crippen LogP contribution in [0.2, 0.25) is 0 Å². The second kappa shape index (κ2) is 4.77. The Bertz CT molecular complexity index is 471. The van der Waals surface area contributed by atoms with Crippen LogP contribution in [-0.4, -0.2) is 42.2 Å². The van der Waals surface area contributed by atoms with Gasteiger partial charge in [0.25, 0.3) is 0 Å². The average Bonchev–Trinajstić information content (AvgIpc) is 3.03. The predicted molar refractivity (Wildman–Crippen MR) is 67.3 cm³/mol. The largest absolute Gasteiger partial charge is 0.381 e. The first-order chi connectivity index (χ1) is 9.17. The van der Waals surface area contributed by atoms with Gasteiger partial charge in [-0.15, -0.1) is 0 Å². The Balaban J connectivity index is 1.61. The molecule has 0 saturated carbocycles. The van der Waals surface area contributed by atoms with Crippen LogP contribution in [-0.2, 0) is 4.74 Å². The van der Waals surface area contributed by atoms with Crippen molar-refractivity contribution < 1.29 is 13.9 Å². The third kappa shape index (κ3) is 2.53. The molecule has 1 atom stereocenters. The molecule has 3 heterocycles. The van der Waals surface area contributed by atoms with Gasteiger partial charge in [-0.1, -0.05) is 0 Å². The maximum Gasteiger partial charge on any atom is 0.323 e. The van der Waals surface area contributed by atoms with Crippen molar-refractivity contribution in [2.75, 3.05) is 31.6 Å². The van der Waals surface area contributed by atoms with Gasteiger partial charge in [-0.3, -0.25) is 5.32 Å². The summed E-state index contributed by atoms with van der Waals surface area (Å²) in [6.07, 6.45) is 3.09. The molecule has 1 spiro atoms. The maximum atomic E-state index is 12.7. The predicted octanol–water partition coefficient (Wildman–Crippen LogP) is 1.86. The fraction of sp³-hybridized carbons (Fsp3) is 0.538. The maximum absolute atomic E-state index is 12.7. The Morgan fingerprint density at radius 3 is 3.05 bits per heavy atom. The number of carbonyl (C=O) groups is 1.